The first-order valence-corrected chi connectivity index (χ1v) is 4.87. The van der Waals surface area contributed by atoms with Crippen LogP contribution in [0.5, 0.6) is 0 Å². The van der Waals surface area contributed by atoms with E-state index < -0.39 is 6.10 Å². The van der Waals surface area contributed by atoms with Crippen molar-refractivity contribution in [3.63, 3.8) is 0 Å². The molecule has 0 aliphatic rings. The van der Waals surface area contributed by atoms with Crippen molar-refractivity contribution in [2.45, 2.75) is 13.0 Å². The van der Waals surface area contributed by atoms with Crippen LogP contribution in [0.4, 0.5) is 0 Å². The first kappa shape index (κ1) is 10.1. The quantitative estimate of drug-likeness (QED) is 0.779. The summed E-state index contributed by atoms with van der Waals surface area (Å²) < 4.78 is 0. The molecule has 78 valence electrons. The number of aliphatic hydroxyl groups excluding tert-OH is 2. The minimum Gasteiger partial charge on any atom is -0.393 e. The molecule has 0 bridgehead atoms. The molecule has 1 heterocycles. The van der Waals surface area contributed by atoms with Crippen LogP contribution in [0.15, 0.2) is 30.3 Å². The number of aryl methyl sites for hydroxylation is 1. The van der Waals surface area contributed by atoms with Crippen LogP contribution in [0.2, 0.25) is 0 Å². The maximum absolute atomic E-state index is 9.50. The number of fused-ring (bicyclic) bond motifs is 1. The maximum Gasteiger partial charge on any atom is 0.119 e. The highest BCUT2D eigenvalue weighted by Crippen LogP contribution is 2.20. The molecule has 0 radical (unpaired) electrons. The van der Waals surface area contributed by atoms with Crippen LogP contribution in [0, 0.1) is 6.92 Å². The van der Waals surface area contributed by atoms with E-state index in [2.05, 4.69) is 4.98 Å². The fourth-order valence-electron chi connectivity index (χ4n) is 1.64. The summed E-state index contributed by atoms with van der Waals surface area (Å²) in [5.74, 6) is 0. The highest BCUT2D eigenvalue weighted by Gasteiger charge is 2.09. The van der Waals surface area contributed by atoms with Gasteiger partial charge in [0.25, 0.3) is 0 Å². The first-order chi connectivity index (χ1) is 7.22. The van der Waals surface area contributed by atoms with Gasteiger partial charge in [0.15, 0.2) is 0 Å². The zero-order valence-electron chi connectivity index (χ0n) is 8.51. The number of aliphatic hydroxyl groups is 2. The topological polar surface area (TPSA) is 53.4 Å². The second-order valence-corrected chi connectivity index (χ2v) is 3.58. The number of pyridine rings is 1. The lowest BCUT2D eigenvalue weighted by Gasteiger charge is -2.09. The number of para-hydroxylation sites is 1. The van der Waals surface area contributed by atoms with Crippen LogP contribution in [0.1, 0.15) is 17.4 Å². The maximum atomic E-state index is 9.50. The van der Waals surface area contributed by atoms with Crippen LogP contribution in [-0.2, 0) is 0 Å². The summed E-state index contributed by atoms with van der Waals surface area (Å²) in [5.41, 5.74) is 2.43. The van der Waals surface area contributed by atoms with Crippen LogP contribution in [-0.4, -0.2) is 21.8 Å². The molecule has 0 saturated heterocycles. The minimum atomic E-state index is -0.895. The molecule has 1 unspecified atom stereocenters. The summed E-state index contributed by atoms with van der Waals surface area (Å²) in [7, 11) is 0. The lowest BCUT2D eigenvalue weighted by molar-refractivity contribution is 0.0925. The number of aromatic nitrogens is 1. The van der Waals surface area contributed by atoms with E-state index in [1.807, 2.05) is 37.3 Å². The van der Waals surface area contributed by atoms with E-state index in [4.69, 9.17) is 5.11 Å². The number of benzene rings is 1. The normalized spacial score (nSPS) is 13.0. The van der Waals surface area contributed by atoms with Crippen LogP contribution in [0.25, 0.3) is 10.9 Å². The molecule has 2 N–H and O–H groups in total. The molecule has 3 heteroatoms. The Hall–Kier alpha value is -1.45. The van der Waals surface area contributed by atoms with Gasteiger partial charge in [0, 0.05) is 5.39 Å². The fraction of sp³-hybridized carbons (Fsp3) is 0.250. The van der Waals surface area contributed by atoms with Gasteiger partial charge in [0.1, 0.15) is 6.10 Å². The fourth-order valence-corrected chi connectivity index (χ4v) is 1.64. The van der Waals surface area contributed by atoms with E-state index >= 15 is 0 Å². The molecule has 2 rings (SSSR count). The summed E-state index contributed by atoms with van der Waals surface area (Å²) in [6.45, 7) is 1.67. The highest BCUT2D eigenvalue weighted by molar-refractivity contribution is 5.82. The summed E-state index contributed by atoms with van der Waals surface area (Å²) in [6, 6.07) is 9.56. The SMILES string of the molecule is Cc1cc(C(O)CO)nc2ccccc12. The lowest BCUT2D eigenvalue weighted by Crippen LogP contribution is -2.05. The second kappa shape index (κ2) is 3.96. The van der Waals surface area contributed by atoms with Crippen molar-refractivity contribution in [2.75, 3.05) is 6.61 Å². The molecular formula is C12H13NO2. The highest BCUT2D eigenvalue weighted by atomic mass is 16.3. The second-order valence-electron chi connectivity index (χ2n) is 3.58. The summed E-state index contributed by atoms with van der Waals surface area (Å²) in [6.07, 6.45) is -0.895. The van der Waals surface area contributed by atoms with Gasteiger partial charge in [0.2, 0.25) is 0 Å². The third-order valence-electron chi connectivity index (χ3n) is 2.46. The van der Waals surface area contributed by atoms with Crippen LogP contribution < -0.4 is 0 Å². The Balaban J connectivity index is 2.62. The van der Waals surface area contributed by atoms with Gasteiger partial charge in [-0.2, -0.15) is 0 Å². The molecule has 0 aliphatic carbocycles. The summed E-state index contributed by atoms with van der Waals surface area (Å²) >= 11 is 0. The average Bonchev–Trinajstić information content (AvgIpc) is 2.28. The molecule has 3 nitrogen and oxygen atoms in total. The van der Waals surface area contributed by atoms with Crippen molar-refractivity contribution in [1.29, 1.82) is 0 Å². The Bertz CT molecular complexity index is 482. The van der Waals surface area contributed by atoms with Gasteiger partial charge in [-0.15, -0.1) is 0 Å². The molecular weight excluding hydrogens is 190 g/mol. The third-order valence-corrected chi connectivity index (χ3v) is 2.46. The van der Waals surface area contributed by atoms with Crippen molar-refractivity contribution >= 4 is 10.9 Å². The molecule has 0 fully saturated rings. The van der Waals surface area contributed by atoms with Gasteiger partial charge < -0.3 is 10.2 Å². The van der Waals surface area contributed by atoms with E-state index in [0.717, 1.165) is 16.5 Å². The number of hydrogen-bond donors (Lipinski definition) is 2. The first-order valence-electron chi connectivity index (χ1n) is 4.87. The van der Waals surface area contributed by atoms with Crippen molar-refractivity contribution in [3.05, 3.63) is 41.6 Å². The van der Waals surface area contributed by atoms with E-state index in [1.165, 1.54) is 0 Å². The number of rotatable bonds is 2. The summed E-state index contributed by atoms with van der Waals surface area (Å²) in [5, 5.41) is 19.4. The molecule has 1 atom stereocenters. The van der Waals surface area contributed by atoms with Crippen molar-refractivity contribution in [3.8, 4) is 0 Å². The molecule has 15 heavy (non-hydrogen) atoms. The monoisotopic (exact) mass is 203 g/mol. The van der Waals surface area contributed by atoms with E-state index in [9.17, 15) is 5.11 Å². The largest absolute Gasteiger partial charge is 0.393 e. The Morgan fingerprint density at radius 3 is 2.80 bits per heavy atom. The van der Waals surface area contributed by atoms with E-state index in [-0.39, 0.29) is 6.61 Å². The van der Waals surface area contributed by atoms with E-state index in [1.54, 1.807) is 0 Å². The summed E-state index contributed by atoms with van der Waals surface area (Å²) in [4.78, 5) is 4.30. The van der Waals surface area contributed by atoms with Crippen LogP contribution >= 0.6 is 0 Å². The predicted octanol–water partition coefficient (Wildman–Crippen LogP) is 1.57. The molecule has 0 saturated carbocycles. The Labute approximate surface area is 88.0 Å². The van der Waals surface area contributed by atoms with Gasteiger partial charge in [0.05, 0.1) is 17.8 Å². The predicted molar refractivity (Wildman–Crippen MR) is 58.5 cm³/mol. The number of hydrogen-bond acceptors (Lipinski definition) is 3. The smallest absolute Gasteiger partial charge is 0.119 e. The van der Waals surface area contributed by atoms with Crippen molar-refractivity contribution in [1.82, 2.24) is 4.98 Å². The van der Waals surface area contributed by atoms with Crippen molar-refractivity contribution in [2.24, 2.45) is 0 Å². The minimum absolute atomic E-state index is 0.301. The third kappa shape index (κ3) is 1.84. The molecule has 0 spiro atoms. The van der Waals surface area contributed by atoms with Crippen LogP contribution in [0.3, 0.4) is 0 Å². The van der Waals surface area contributed by atoms with E-state index in [0.29, 0.717) is 5.69 Å². The Kier molecular flexibility index (Phi) is 2.66. The molecule has 1 aromatic heterocycles. The standard InChI is InChI=1S/C12H13NO2/c1-8-6-11(12(15)7-14)13-10-5-3-2-4-9(8)10/h2-6,12,14-15H,7H2,1H3. The molecule has 1 aromatic carbocycles. The van der Waals surface area contributed by atoms with Gasteiger partial charge in [-0.1, -0.05) is 18.2 Å². The van der Waals surface area contributed by atoms with Gasteiger partial charge in [-0.25, -0.2) is 4.98 Å². The van der Waals surface area contributed by atoms with Gasteiger partial charge >= 0.3 is 0 Å². The molecule has 0 aliphatic heterocycles. The average molecular weight is 203 g/mol. The number of nitrogens with zero attached hydrogens (tertiary/aromatic N) is 1. The molecule has 2 aromatic rings. The zero-order chi connectivity index (χ0) is 10.8. The van der Waals surface area contributed by atoms with Gasteiger partial charge in [-0.3, -0.25) is 0 Å². The Morgan fingerprint density at radius 2 is 2.07 bits per heavy atom. The van der Waals surface area contributed by atoms with Gasteiger partial charge in [-0.05, 0) is 24.6 Å². The van der Waals surface area contributed by atoms with Crippen molar-refractivity contribution < 1.29 is 10.2 Å². The molecule has 0 amide bonds. The lowest BCUT2D eigenvalue weighted by atomic mass is 10.1. The Morgan fingerprint density at radius 1 is 1.33 bits per heavy atom. The zero-order valence-corrected chi connectivity index (χ0v) is 8.51.